The summed E-state index contributed by atoms with van der Waals surface area (Å²) in [4.78, 5) is 36.8. The zero-order valence-electron chi connectivity index (χ0n) is 14.2. The summed E-state index contributed by atoms with van der Waals surface area (Å²) in [6.07, 6.45) is -1.06. The fourth-order valence-corrected chi connectivity index (χ4v) is 4.96. The molecule has 0 aliphatic carbocycles. The summed E-state index contributed by atoms with van der Waals surface area (Å²) in [7, 11) is 1.44. The van der Waals surface area contributed by atoms with Gasteiger partial charge in [-0.05, 0) is 16.0 Å². The van der Waals surface area contributed by atoms with E-state index in [1.165, 1.54) is 40.2 Å². The van der Waals surface area contributed by atoms with Crippen molar-refractivity contribution in [2.75, 3.05) is 25.1 Å². The fraction of sp³-hybridized carbons (Fsp3) is 0.538. The van der Waals surface area contributed by atoms with Crippen molar-refractivity contribution in [2.45, 2.75) is 23.1 Å². The molecular formula is C13H17N7O5S2. The maximum atomic E-state index is 11.9. The Morgan fingerprint density at radius 1 is 1.44 bits per heavy atom. The van der Waals surface area contributed by atoms with E-state index in [0.29, 0.717) is 16.5 Å². The summed E-state index contributed by atoms with van der Waals surface area (Å²) in [6, 6.07) is -0.669. The maximum absolute atomic E-state index is 11.9. The molecule has 2 atom stereocenters. The highest BCUT2D eigenvalue weighted by Crippen LogP contribution is 2.40. The molecule has 3 rings (SSSR count). The average molecular weight is 415 g/mol. The first kappa shape index (κ1) is 19.4. The molecule has 2 aliphatic rings. The van der Waals surface area contributed by atoms with E-state index < -0.39 is 24.0 Å². The van der Waals surface area contributed by atoms with Crippen molar-refractivity contribution in [1.82, 2.24) is 30.0 Å². The lowest BCUT2D eigenvalue weighted by atomic mass is 10.0. The lowest BCUT2D eigenvalue weighted by Gasteiger charge is -2.48. The van der Waals surface area contributed by atoms with E-state index in [2.05, 4.69) is 15.5 Å². The largest absolute Gasteiger partial charge is 0.477 e. The number of thioether (sulfide) groups is 2. The second-order valence-corrected chi connectivity index (χ2v) is 7.92. The van der Waals surface area contributed by atoms with Crippen LogP contribution in [0.15, 0.2) is 16.4 Å². The third-order valence-electron chi connectivity index (χ3n) is 4.14. The molecule has 0 bridgehead atoms. The van der Waals surface area contributed by atoms with E-state index >= 15 is 0 Å². The van der Waals surface area contributed by atoms with Crippen LogP contribution < -0.4 is 5.73 Å². The van der Waals surface area contributed by atoms with Crippen molar-refractivity contribution in [3.05, 3.63) is 11.3 Å². The molecule has 0 aromatic carbocycles. The number of β-lactam (4-membered cyclic amide) rings is 1. The number of nitrogens with two attached hydrogens (primary N) is 1. The van der Waals surface area contributed by atoms with Crippen molar-refractivity contribution < 1.29 is 24.6 Å². The van der Waals surface area contributed by atoms with Gasteiger partial charge >= 0.3 is 12.1 Å². The van der Waals surface area contributed by atoms with Crippen LogP contribution in [-0.4, -0.2) is 94.7 Å². The highest BCUT2D eigenvalue weighted by Gasteiger charge is 2.51. The van der Waals surface area contributed by atoms with Crippen LogP contribution in [0.25, 0.3) is 0 Å². The van der Waals surface area contributed by atoms with Gasteiger partial charge in [-0.15, -0.1) is 16.9 Å². The van der Waals surface area contributed by atoms with Crippen LogP contribution >= 0.6 is 23.5 Å². The van der Waals surface area contributed by atoms with E-state index in [9.17, 15) is 19.5 Å². The average Bonchev–Trinajstić information content (AvgIpc) is 3.09. The van der Waals surface area contributed by atoms with Crippen LogP contribution in [0, 0.1) is 0 Å². The van der Waals surface area contributed by atoms with Gasteiger partial charge in [-0.25, -0.2) is 14.3 Å². The standard InChI is InChI=1S/C13H17N7O5S2/c1-18(13(24)25)2-3-19-12(15-16-17-19)27-5-6-4-26-10-7(14)9(21)20(10)8(6)11(22)23/h7,10H,2-5,14H2,1H3,(H,22,23)(H,24,25)/t7?,10-/m1/s1. The molecule has 3 heterocycles. The lowest BCUT2D eigenvalue weighted by Crippen LogP contribution is -2.68. The lowest BCUT2D eigenvalue weighted by molar-refractivity contribution is -0.147. The smallest absolute Gasteiger partial charge is 0.407 e. The monoisotopic (exact) mass is 415 g/mol. The number of aliphatic carboxylic acids is 1. The Balaban J connectivity index is 1.69. The molecule has 1 aromatic heterocycles. The van der Waals surface area contributed by atoms with Gasteiger partial charge in [0.25, 0.3) is 0 Å². The molecule has 1 unspecified atom stereocenters. The van der Waals surface area contributed by atoms with Gasteiger partial charge < -0.3 is 20.8 Å². The molecule has 1 saturated heterocycles. The van der Waals surface area contributed by atoms with Crippen LogP contribution in [0.3, 0.4) is 0 Å². The van der Waals surface area contributed by atoms with Crippen molar-refractivity contribution >= 4 is 41.5 Å². The predicted molar refractivity (Wildman–Crippen MR) is 94.9 cm³/mol. The van der Waals surface area contributed by atoms with Gasteiger partial charge in [-0.3, -0.25) is 9.69 Å². The van der Waals surface area contributed by atoms with Gasteiger partial charge in [-0.2, -0.15) is 0 Å². The number of carbonyl (C=O) groups is 3. The Kier molecular flexibility index (Phi) is 5.57. The topological polar surface area (TPSA) is 168 Å². The number of rotatable bonds is 7. The number of likely N-dealkylation sites (N-methyl/N-ethyl adjacent to an activating group) is 1. The Hall–Kier alpha value is -2.32. The number of tetrazole rings is 1. The third kappa shape index (κ3) is 3.72. The quantitative estimate of drug-likeness (QED) is 0.367. The van der Waals surface area contributed by atoms with E-state index in [1.807, 2.05) is 0 Å². The van der Waals surface area contributed by atoms with Crippen LogP contribution in [0.4, 0.5) is 4.79 Å². The molecule has 4 N–H and O–H groups in total. The maximum Gasteiger partial charge on any atom is 0.407 e. The summed E-state index contributed by atoms with van der Waals surface area (Å²) in [5.41, 5.74) is 6.29. The summed E-state index contributed by atoms with van der Waals surface area (Å²) in [5.74, 6) is -0.831. The molecule has 27 heavy (non-hydrogen) atoms. The van der Waals surface area contributed by atoms with Crippen LogP contribution in [0.5, 0.6) is 0 Å². The Morgan fingerprint density at radius 2 is 2.19 bits per heavy atom. The Morgan fingerprint density at radius 3 is 2.85 bits per heavy atom. The summed E-state index contributed by atoms with van der Waals surface area (Å²) in [6.45, 7) is 0.466. The summed E-state index contributed by atoms with van der Waals surface area (Å²) >= 11 is 2.66. The molecular weight excluding hydrogens is 398 g/mol. The fourth-order valence-electron chi connectivity index (χ4n) is 2.62. The highest BCUT2D eigenvalue weighted by molar-refractivity contribution is 8.01. The summed E-state index contributed by atoms with van der Waals surface area (Å²) in [5, 5.41) is 29.8. The minimum atomic E-state index is -1.17. The number of nitrogens with zero attached hydrogens (tertiary/aromatic N) is 6. The number of amides is 2. The van der Waals surface area contributed by atoms with Gasteiger partial charge in [0.1, 0.15) is 17.1 Å². The van der Waals surface area contributed by atoms with Crippen molar-refractivity contribution in [2.24, 2.45) is 5.73 Å². The molecule has 0 spiro atoms. The predicted octanol–water partition coefficient (Wildman–Crippen LogP) is -1.04. The van der Waals surface area contributed by atoms with E-state index in [-0.39, 0.29) is 29.9 Å². The number of hydrogen-bond donors (Lipinski definition) is 3. The highest BCUT2D eigenvalue weighted by atomic mass is 32.2. The number of fused-ring (bicyclic) bond motifs is 1. The van der Waals surface area contributed by atoms with Crippen LogP contribution in [0.1, 0.15) is 0 Å². The molecule has 1 fully saturated rings. The normalized spacial score (nSPS) is 21.7. The minimum Gasteiger partial charge on any atom is -0.477 e. The molecule has 2 aliphatic heterocycles. The zero-order valence-corrected chi connectivity index (χ0v) is 15.8. The Bertz CT molecular complexity index is 813. The molecule has 0 saturated carbocycles. The first-order valence-electron chi connectivity index (χ1n) is 7.80. The van der Waals surface area contributed by atoms with Gasteiger partial charge in [-0.1, -0.05) is 11.8 Å². The SMILES string of the molecule is CN(CCn1nnnc1SCC1=C(C(=O)O)N2C(=O)C(N)[C@H]2SC1)C(=O)O. The van der Waals surface area contributed by atoms with E-state index in [0.717, 1.165) is 4.90 Å². The molecule has 14 heteroatoms. The Labute approximate surface area is 161 Å². The van der Waals surface area contributed by atoms with E-state index in [1.54, 1.807) is 0 Å². The van der Waals surface area contributed by atoms with Gasteiger partial charge in [0.2, 0.25) is 11.1 Å². The van der Waals surface area contributed by atoms with Gasteiger partial charge in [0, 0.05) is 25.1 Å². The van der Waals surface area contributed by atoms with Gasteiger partial charge in [0.05, 0.1) is 6.54 Å². The van der Waals surface area contributed by atoms with Gasteiger partial charge in [0.15, 0.2) is 0 Å². The first-order chi connectivity index (χ1) is 12.8. The zero-order chi connectivity index (χ0) is 19.7. The first-order valence-corrected chi connectivity index (χ1v) is 9.83. The third-order valence-corrected chi connectivity index (χ3v) is 6.54. The minimum absolute atomic E-state index is 0.0254. The number of hydrogen-bond acceptors (Lipinski definition) is 9. The molecule has 0 radical (unpaired) electrons. The van der Waals surface area contributed by atoms with Crippen molar-refractivity contribution in [1.29, 1.82) is 0 Å². The number of carboxylic acid groups (broad SMARTS) is 2. The van der Waals surface area contributed by atoms with Crippen LogP contribution in [0.2, 0.25) is 0 Å². The summed E-state index contributed by atoms with van der Waals surface area (Å²) < 4.78 is 1.45. The second kappa shape index (κ2) is 7.74. The number of aromatic nitrogens is 4. The molecule has 2 amide bonds. The second-order valence-electron chi connectivity index (χ2n) is 5.87. The number of carboxylic acids is 1. The molecule has 1 aromatic rings. The van der Waals surface area contributed by atoms with Crippen LogP contribution in [-0.2, 0) is 16.1 Å². The molecule has 12 nitrogen and oxygen atoms in total. The van der Waals surface area contributed by atoms with E-state index in [4.69, 9.17) is 10.8 Å². The van der Waals surface area contributed by atoms with Crippen molar-refractivity contribution in [3.8, 4) is 0 Å². The number of carbonyl (C=O) groups excluding carboxylic acids is 1. The van der Waals surface area contributed by atoms with Crippen molar-refractivity contribution in [3.63, 3.8) is 0 Å². The molecule has 146 valence electrons.